The zero-order chi connectivity index (χ0) is 19.8. The Morgan fingerprint density at radius 2 is 1.50 bits per heavy atom. The molecule has 0 bridgehead atoms. The lowest BCUT2D eigenvalue weighted by Crippen LogP contribution is -2.00. The number of carboxylic acids is 3. The molecule has 1 rings (SSSR count). The Kier molecular flexibility index (Phi) is 12.5. The van der Waals surface area contributed by atoms with E-state index >= 15 is 0 Å². The van der Waals surface area contributed by atoms with Crippen LogP contribution in [-0.2, 0) is 14.4 Å². The van der Waals surface area contributed by atoms with E-state index in [9.17, 15) is 14.4 Å². The predicted octanol–water partition coefficient (Wildman–Crippen LogP) is 4.00. The smallest absolute Gasteiger partial charge is 0.331 e. The van der Waals surface area contributed by atoms with Crippen molar-refractivity contribution in [3.63, 3.8) is 0 Å². The number of carbonyl (C=O) groups is 3. The van der Waals surface area contributed by atoms with Crippen LogP contribution in [-0.4, -0.2) is 33.2 Å². The second-order valence-electron chi connectivity index (χ2n) is 5.23. The van der Waals surface area contributed by atoms with Crippen molar-refractivity contribution in [1.82, 2.24) is 0 Å². The average Bonchev–Trinajstić information content (AvgIpc) is 2.60. The van der Waals surface area contributed by atoms with Crippen molar-refractivity contribution in [2.24, 2.45) is 0 Å². The standard InChI is InChI=1S/C16H20O2.C4H4O4/c1-2-3-5-12-15(16(17)18)13-8-11-14-9-6-4-7-10-14;5-3(6)1-2-4(7)8/h4,6-11,13H,2-3,5,12H2,1H3,(H,17,18);1-2H,(H,5,6)(H,7,8)/b;2-1-. The van der Waals surface area contributed by atoms with Gasteiger partial charge in [-0.3, -0.25) is 0 Å². The van der Waals surface area contributed by atoms with E-state index in [2.05, 4.69) is 6.92 Å². The first-order chi connectivity index (χ1) is 12.4. The third-order valence-corrected chi connectivity index (χ3v) is 3.08. The number of allylic oxidation sites excluding steroid dienone is 2. The zero-order valence-electron chi connectivity index (χ0n) is 14.7. The van der Waals surface area contributed by atoms with Gasteiger partial charge in [0.05, 0.1) is 0 Å². The molecule has 1 aromatic rings. The minimum absolute atomic E-state index is 0.482. The summed E-state index contributed by atoms with van der Waals surface area (Å²) in [6.07, 6.45) is 10.3. The Balaban J connectivity index is 0.000000660. The lowest BCUT2D eigenvalue weighted by Gasteiger charge is -2.00. The molecule has 0 amide bonds. The number of hydrogen-bond acceptors (Lipinski definition) is 3. The molecule has 140 valence electrons. The van der Waals surface area contributed by atoms with E-state index in [1.54, 1.807) is 6.08 Å². The maximum atomic E-state index is 11.0. The van der Waals surface area contributed by atoms with E-state index in [1.165, 1.54) is 0 Å². The van der Waals surface area contributed by atoms with Gasteiger partial charge >= 0.3 is 17.9 Å². The van der Waals surface area contributed by atoms with Crippen LogP contribution in [0.1, 0.15) is 38.2 Å². The van der Waals surface area contributed by atoms with E-state index < -0.39 is 17.9 Å². The summed E-state index contributed by atoms with van der Waals surface area (Å²) in [7, 11) is 0. The monoisotopic (exact) mass is 360 g/mol. The summed E-state index contributed by atoms with van der Waals surface area (Å²) in [6, 6.07) is 9.86. The van der Waals surface area contributed by atoms with Crippen LogP contribution in [0, 0.1) is 0 Å². The van der Waals surface area contributed by atoms with Gasteiger partial charge in [0.15, 0.2) is 0 Å². The highest BCUT2D eigenvalue weighted by Crippen LogP contribution is 2.10. The van der Waals surface area contributed by atoms with Crippen LogP contribution in [0.4, 0.5) is 0 Å². The van der Waals surface area contributed by atoms with Gasteiger partial charge in [0.25, 0.3) is 0 Å². The molecule has 0 atom stereocenters. The third-order valence-electron chi connectivity index (χ3n) is 3.08. The number of hydrogen-bond donors (Lipinski definition) is 3. The van der Waals surface area contributed by atoms with Crippen molar-refractivity contribution in [2.45, 2.75) is 32.6 Å². The van der Waals surface area contributed by atoms with Gasteiger partial charge in [0.1, 0.15) is 0 Å². The average molecular weight is 360 g/mol. The Labute approximate surface area is 152 Å². The van der Waals surface area contributed by atoms with Gasteiger partial charge in [-0.15, -0.1) is 0 Å². The molecule has 0 spiro atoms. The Bertz CT molecular complexity index is 640. The van der Waals surface area contributed by atoms with Crippen LogP contribution in [0.2, 0.25) is 0 Å². The minimum atomic E-state index is -1.26. The summed E-state index contributed by atoms with van der Waals surface area (Å²) in [4.78, 5) is 30.1. The molecule has 0 aromatic heterocycles. The molecule has 0 saturated heterocycles. The lowest BCUT2D eigenvalue weighted by molar-refractivity contribution is -0.134. The normalized spacial score (nSPS) is 11.2. The van der Waals surface area contributed by atoms with Crippen LogP contribution in [0.15, 0.2) is 60.2 Å². The van der Waals surface area contributed by atoms with Gasteiger partial charge in [0.2, 0.25) is 0 Å². The molecule has 26 heavy (non-hydrogen) atoms. The van der Waals surface area contributed by atoms with E-state index in [0.717, 1.165) is 24.8 Å². The second kappa shape index (κ2) is 14.2. The highest BCUT2D eigenvalue weighted by Gasteiger charge is 2.04. The molecule has 1 aromatic carbocycles. The van der Waals surface area contributed by atoms with Crippen molar-refractivity contribution < 1.29 is 29.7 Å². The van der Waals surface area contributed by atoms with E-state index in [4.69, 9.17) is 15.3 Å². The largest absolute Gasteiger partial charge is 0.478 e. The minimum Gasteiger partial charge on any atom is -0.478 e. The first-order valence-electron chi connectivity index (χ1n) is 8.16. The molecule has 0 unspecified atom stereocenters. The molecule has 0 heterocycles. The summed E-state index contributed by atoms with van der Waals surface area (Å²) in [6.45, 7) is 2.11. The lowest BCUT2D eigenvalue weighted by atomic mass is 10.1. The fourth-order valence-corrected chi connectivity index (χ4v) is 1.81. The molecule has 0 aliphatic carbocycles. The summed E-state index contributed by atoms with van der Waals surface area (Å²) >= 11 is 0. The molecular weight excluding hydrogens is 336 g/mol. The van der Waals surface area contributed by atoms with Gasteiger partial charge in [-0.25, -0.2) is 14.4 Å². The van der Waals surface area contributed by atoms with Gasteiger partial charge < -0.3 is 15.3 Å². The van der Waals surface area contributed by atoms with Crippen molar-refractivity contribution in [3.8, 4) is 0 Å². The fraction of sp³-hybridized carbons (Fsp3) is 0.250. The van der Waals surface area contributed by atoms with Crippen molar-refractivity contribution >= 4 is 24.0 Å². The number of rotatable bonds is 9. The van der Waals surface area contributed by atoms with Crippen molar-refractivity contribution in [2.75, 3.05) is 0 Å². The summed E-state index contributed by atoms with van der Waals surface area (Å²) in [5, 5.41) is 24.7. The van der Waals surface area contributed by atoms with Crippen LogP contribution < -0.4 is 0 Å². The highest BCUT2D eigenvalue weighted by atomic mass is 16.4. The quantitative estimate of drug-likeness (QED) is 0.348. The van der Waals surface area contributed by atoms with E-state index in [-0.39, 0.29) is 0 Å². The topological polar surface area (TPSA) is 112 Å². The Hall–Kier alpha value is -3.15. The summed E-state index contributed by atoms with van der Waals surface area (Å²) in [5.41, 5.74) is 1.56. The maximum Gasteiger partial charge on any atom is 0.331 e. The third kappa shape index (κ3) is 13.3. The zero-order valence-corrected chi connectivity index (χ0v) is 14.7. The molecule has 0 aliphatic heterocycles. The summed E-state index contributed by atoms with van der Waals surface area (Å²) < 4.78 is 0. The highest BCUT2D eigenvalue weighted by molar-refractivity contribution is 5.89. The van der Waals surface area contributed by atoms with Crippen LogP contribution in [0.3, 0.4) is 0 Å². The van der Waals surface area contributed by atoms with Gasteiger partial charge in [-0.1, -0.05) is 68.3 Å². The van der Waals surface area contributed by atoms with Crippen molar-refractivity contribution in [1.29, 1.82) is 0 Å². The molecule has 6 heteroatoms. The molecular formula is C20H24O6. The van der Waals surface area contributed by atoms with Gasteiger partial charge in [0, 0.05) is 17.7 Å². The van der Waals surface area contributed by atoms with Gasteiger partial charge in [-0.2, -0.15) is 0 Å². The second-order valence-corrected chi connectivity index (χ2v) is 5.23. The molecule has 0 fully saturated rings. The number of aliphatic carboxylic acids is 3. The van der Waals surface area contributed by atoms with E-state index in [0.29, 0.717) is 24.1 Å². The number of benzene rings is 1. The van der Waals surface area contributed by atoms with Crippen LogP contribution >= 0.6 is 0 Å². The molecule has 0 aliphatic rings. The number of carboxylic acid groups (broad SMARTS) is 3. The molecule has 0 radical (unpaired) electrons. The fourth-order valence-electron chi connectivity index (χ4n) is 1.81. The maximum absolute atomic E-state index is 11.0. The van der Waals surface area contributed by atoms with Gasteiger partial charge in [-0.05, 0) is 18.4 Å². The molecule has 6 nitrogen and oxygen atoms in total. The van der Waals surface area contributed by atoms with Crippen LogP contribution in [0.25, 0.3) is 6.08 Å². The van der Waals surface area contributed by atoms with Crippen LogP contribution in [0.5, 0.6) is 0 Å². The first kappa shape index (κ1) is 22.9. The SMILES string of the molecule is CCCCCC(=CC=Cc1ccccc1)C(=O)O.O=C(O)/C=C\C(=O)O. The Morgan fingerprint density at radius 3 is 1.96 bits per heavy atom. The first-order valence-corrected chi connectivity index (χ1v) is 8.16. The number of unbranched alkanes of at least 4 members (excludes halogenated alkanes) is 2. The van der Waals surface area contributed by atoms with E-state index in [1.807, 2.05) is 42.5 Å². The van der Waals surface area contributed by atoms with Crippen molar-refractivity contribution in [3.05, 3.63) is 65.8 Å². The summed E-state index contributed by atoms with van der Waals surface area (Å²) in [5.74, 6) is -3.33. The predicted molar refractivity (Wildman–Crippen MR) is 99.7 cm³/mol. The molecule has 3 N–H and O–H groups in total. The Morgan fingerprint density at radius 1 is 0.923 bits per heavy atom. The molecule has 0 saturated carbocycles.